The van der Waals surface area contributed by atoms with E-state index in [0.717, 1.165) is 20.8 Å². The van der Waals surface area contributed by atoms with Crippen molar-refractivity contribution < 1.29 is 130 Å². The van der Waals surface area contributed by atoms with Crippen LogP contribution in [0.25, 0.3) is 0 Å². The smallest absolute Gasteiger partial charge is 0.397 e. The quantitative estimate of drug-likeness (QED) is 0.0220. The van der Waals surface area contributed by atoms with Gasteiger partial charge in [0.25, 0.3) is 0 Å². The second kappa shape index (κ2) is 32.3. The summed E-state index contributed by atoms with van der Waals surface area (Å²) in [4.78, 5) is 117. The van der Waals surface area contributed by atoms with Crippen molar-refractivity contribution in [2.24, 2.45) is 5.73 Å². The molecule has 0 saturated carbocycles. The SMILES string of the molecule is CC(=O)NC1C(OC(C)C(NC(=O)C(CCCCN)NC(=O)C2CC(OC3OC(CO)C(OS(=O)(=O)O)C(O)C3NC(C)=O)C(CO)N2)C(=O)NC(CO)C(=O)NC(CCC(=O)O)C(=O)NC(CO)C(=O)O)OC(CO)C(O)C1O. The molecule has 0 aromatic rings. The largest absolute Gasteiger partial charge is 0.481 e. The van der Waals surface area contributed by atoms with Gasteiger partial charge in [-0.2, -0.15) is 8.42 Å². The van der Waals surface area contributed by atoms with Crippen molar-refractivity contribution in [3.8, 4) is 0 Å². The number of aliphatic hydroxyl groups is 8. The van der Waals surface area contributed by atoms with Gasteiger partial charge in [0.1, 0.15) is 78.9 Å². The van der Waals surface area contributed by atoms with Crippen molar-refractivity contribution in [1.82, 2.24) is 42.5 Å². The predicted molar refractivity (Wildman–Crippen MR) is 260 cm³/mol. The van der Waals surface area contributed by atoms with E-state index in [2.05, 4.69) is 41.4 Å². The Hall–Kier alpha value is -5.46. The van der Waals surface area contributed by atoms with E-state index < -0.39 is 225 Å². The van der Waals surface area contributed by atoms with Crippen molar-refractivity contribution in [3.63, 3.8) is 0 Å². The number of amides is 7. The minimum absolute atomic E-state index is 0.0913. The van der Waals surface area contributed by atoms with E-state index in [1.54, 1.807) is 0 Å². The number of carbonyl (C=O) groups excluding carboxylic acids is 7. The second-order valence-electron chi connectivity index (χ2n) is 18.8. The first-order chi connectivity index (χ1) is 37.5. The summed E-state index contributed by atoms with van der Waals surface area (Å²) in [6.45, 7) is -1.84. The first kappa shape index (κ1) is 68.8. The highest BCUT2D eigenvalue weighted by Crippen LogP contribution is 2.30. The van der Waals surface area contributed by atoms with Gasteiger partial charge in [0.15, 0.2) is 12.6 Å². The van der Waals surface area contributed by atoms with E-state index in [9.17, 15) is 107 Å². The van der Waals surface area contributed by atoms with E-state index in [1.165, 1.54) is 0 Å². The second-order valence-corrected chi connectivity index (χ2v) is 19.8. The Morgan fingerprint density at radius 2 is 1.21 bits per heavy atom. The van der Waals surface area contributed by atoms with Gasteiger partial charge in [-0.3, -0.25) is 48.2 Å². The van der Waals surface area contributed by atoms with Crippen LogP contribution in [0.1, 0.15) is 59.3 Å². The zero-order valence-electron chi connectivity index (χ0n) is 43.4. The lowest BCUT2D eigenvalue weighted by atomic mass is 9.96. The highest BCUT2D eigenvalue weighted by Gasteiger charge is 2.52. The molecule has 19 atom stereocenters. The minimum atomic E-state index is -5.26. The molecule has 0 radical (unpaired) electrons. The maximum absolute atomic E-state index is 14.5. The predicted octanol–water partition coefficient (Wildman–Crippen LogP) is -11.3. The number of hydrogen-bond donors (Lipinski definition) is 20. The van der Waals surface area contributed by atoms with Crippen molar-refractivity contribution in [3.05, 3.63) is 0 Å². The molecule has 3 saturated heterocycles. The van der Waals surface area contributed by atoms with Gasteiger partial charge in [-0.15, -0.1) is 0 Å². The Balaban J connectivity index is 1.99. The van der Waals surface area contributed by atoms with Gasteiger partial charge >= 0.3 is 22.3 Å². The molecule has 19 unspecified atom stereocenters. The molecule has 3 fully saturated rings. The molecule has 7 amide bonds. The Morgan fingerprint density at radius 1 is 0.675 bits per heavy atom. The molecule has 3 rings (SSSR count). The van der Waals surface area contributed by atoms with E-state index in [0.29, 0.717) is 0 Å². The highest BCUT2D eigenvalue weighted by atomic mass is 32.3. The topological polar surface area (TPSA) is 579 Å². The summed E-state index contributed by atoms with van der Waals surface area (Å²) in [7, 11) is -5.26. The van der Waals surface area contributed by atoms with Gasteiger partial charge in [-0.25, -0.2) is 8.98 Å². The summed E-state index contributed by atoms with van der Waals surface area (Å²) >= 11 is 0. The van der Waals surface area contributed by atoms with Crippen LogP contribution in [0, 0.1) is 0 Å². The van der Waals surface area contributed by atoms with Crippen LogP contribution in [0.15, 0.2) is 0 Å². The Labute approximate surface area is 456 Å². The zero-order valence-corrected chi connectivity index (χ0v) is 44.2. The van der Waals surface area contributed by atoms with Crippen LogP contribution in [0.4, 0.5) is 0 Å². The molecule has 0 aromatic carbocycles. The Kier molecular flexibility index (Phi) is 27.7. The summed E-state index contributed by atoms with van der Waals surface area (Å²) in [5.41, 5.74) is 5.70. The van der Waals surface area contributed by atoms with Gasteiger partial charge in [0.05, 0.1) is 57.3 Å². The van der Waals surface area contributed by atoms with Crippen LogP contribution < -0.4 is 48.3 Å². The van der Waals surface area contributed by atoms with Crippen LogP contribution in [-0.4, -0.2) is 273 Å². The molecule has 0 spiro atoms. The Morgan fingerprint density at radius 3 is 1.74 bits per heavy atom. The van der Waals surface area contributed by atoms with Crippen LogP contribution in [0.2, 0.25) is 0 Å². The molecule has 458 valence electrons. The van der Waals surface area contributed by atoms with Crippen molar-refractivity contribution in [2.75, 3.05) is 39.6 Å². The number of hydrogen-bond acceptors (Lipinski definition) is 26. The third kappa shape index (κ3) is 20.2. The van der Waals surface area contributed by atoms with Crippen molar-refractivity contribution in [1.29, 1.82) is 0 Å². The van der Waals surface area contributed by atoms with E-state index in [1.807, 2.05) is 5.32 Å². The number of carboxylic acids is 2. The number of nitrogens with one attached hydrogen (secondary N) is 8. The Bertz CT molecular complexity index is 2240. The molecule has 21 N–H and O–H groups in total. The number of carboxylic acid groups (broad SMARTS) is 2. The summed E-state index contributed by atoms with van der Waals surface area (Å²) in [6.07, 6.45) is -19.2. The summed E-state index contributed by atoms with van der Waals surface area (Å²) in [5.74, 6) is -10.9. The number of carbonyl (C=O) groups is 9. The van der Waals surface area contributed by atoms with Crippen molar-refractivity contribution in [2.45, 2.75) is 175 Å². The number of aliphatic carboxylic acids is 2. The molecule has 3 aliphatic rings. The standard InChI is InChI=1S/C43H73N9O27S/c1-16(75-42-30(45-17(2)58)33(63)32(62)26(14-56)77-42)29(40(69)50-23(12-54)39(68)49-20(7-8-28(60)61)36(65)51-24(13-55)41(70)71)52-37(66)19(6-4-5-9-44)48-38(67)21-10-25(22(11-53)47-21)76-43-31(46-18(3)59)34(64)35(27(15-57)78-43)79-80(72,73)74/h16,19-27,29-35,42-43,47,53-57,62-64H,4-15,44H2,1-3H3,(H,45,58)(H,46,59)(H,48,67)(H,49,68)(H,50,69)(H,51,65)(H,52,66)(H,60,61)(H,70,71)(H,72,73,74). The molecule has 0 bridgehead atoms. The first-order valence-electron chi connectivity index (χ1n) is 24.9. The summed E-state index contributed by atoms with van der Waals surface area (Å²) in [6, 6.07) is -15.3. The fraction of sp³-hybridized carbons (Fsp3) is 0.791. The average Bonchev–Trinajstić information content (AvgIpc) is 3.80. The molecule has 36 nitrogen and oxygen atoms in total. The van der Waals surface area contributed by atoms with Gasteiger partial charge in [0, 0.05) is 20.3 Å². The van der Waals surface area contributed by atoms with Gasteiger partial charge in [-0.1, -0.05) is 0 Å². The van der Waals surface area contributed by atoms with Crippen molar-refractivity contribution >= 4 is 63.7 Å². The minimum Gasteiger partial charge on any atom is -0.481 e. The van der Waals surface area contributed by atoms with E-state index in [-0.39, 0.29) is 32.2 Å². The fourth-order valence-electron chi connectivity index (χ4n) is 8.62. The van der Waals surface area contributed by atoms with Gasteiger partial charge < -0.3 is 113 Å². The normalized spacial score (nSPS) is 29.0. The molecule has 0 aromatic heterocycles. The molecule has 0 aliphatic carbocycles. The average molecular weight is 1180 g/mol. The molecular formula is C43H73N9O27S. The van der Waals surface area contributed by atoms with Crippen LogP contribution in [0.3, 0.4) is 0 Å². The van der Waals surface area contributed by atoms with Crippen LogP contribution in [-0.2, 0) is 76.7 Å². The number of rotatable bonds is 32. The number of aliphatic hydroxyl groups excluding tert-OH is 8. The summed E-state index contributed by atoms with van der Waals surface area (Å²) < 4.78 is 60.1. The molecular weight excluding hydrogens is 1110 g/mol. The monoisotopic (exact) mass is 1180 g/mol. The third-order valence-corrected chi connectivity index (χ3v) is 13.2. The van der Waals surface area contributed by atoms with Crippen LogP contribution in [0.5, 0.6) is 0 Å². The molecule has 80 heavy (non-hydrogen) atoms. The maximum Gasteiger partial charge on any atom is 0.397 e. The lowest BCUT2D eigenvalue weighted by Gasteiger charge is -2.44. The van der Waals surface area contributed by atoms with Gasteiger partial charge in [0.2, 0.25) is 41.4 Å². The lowest BCUT2D eigenvalue weighted by Crippen LogP contribution is -2.66. The molecule has 37 heteroatoms. The molecule has 3 heterocycles. The summed E-state index contributed by atoms with van der Waals surface area (Å²) in [5, 5.41) is 120. The molecule has 3 aliphatic heterocycles. The fourth-order valence-corrected chi connectivity index (χ4v) is 9.14. The highest BCUT2D eigenvalue weighted by molar-refractivity contribution is 7.80. The van der Waals surface area contributed by atoms with E-state index >= 15 is 0 Å². The number of unbranched alkanes of at least 4 members (excludes halogenated alkanes) is 1. The number of ether oxygens (including phenoxy) is 4. The zero-order chi connectivity index (χ0) is 60.3. The third-order valence-electron chi connectivity index (χ3n) is 12.7. The maximum atomic E-state index is 14.5. The lowest BCUT2D eigenvalue weighted by molar-refractivity contribution is -0.281. The van der Waals surface area contributed by atoms with E-state index in [4.69, 9.17) is 24.7 Å². The van der Waals surface area contributed by atoms with Gasteiger partial charge in [-0.05, 0) is 45.6 Å². The first-order valence-corrected chi connectivity index (χ1v) is 26.2. The number of nitrogens with two attached hydrogens (primary N) is 1. The van der Waals surface area contributed by atoms with Crippen LogP contribution >= 0.6 is 0 Å².